The summed E-state index contributed by atoms with van der Waals surface area (Å²) in [6.45, 7) is 4.24. The molecule has 124 valence electrons. The SMILES string of the molecule is CCCCCC(=O)SC1=NC(C(=O)OCC)Cc2ccccc21. The second kappa shape index (κ2) is 8.87. The van der Waals surface area contributed by atoms with Gasteiger partial charge in [0, 0.05) is 18.4 Å². The van der Waals surface area contributed by atoms with Gasteiger partial charge in [0.05, 0.1) is 6.61 Å². The van der Waals surface area contributed by atoms with Crippen molar-refractivity contribution in [1.29, 1.82) is 0 Å². The number of benzene rings is 1. The standard InChI is InChI=1S/C18H23NO3S/c1-3-5-6-11-16(20)23-17-14-10-8-7-9-13(14)12-15(19-17)18(21)22-4-2/h7-10,15H,3-6,11-12H2,1-2H3. The van der Waals surface area contributed by atoms with E-state index < -0.39 is 6.04 Å². The Bertz CT molecular complexity index is 598. The third-order valence-corrected chi connectivity index (χ3v) is 4.64. The number of hydrogen-bond acceptors (Lipinski definition) is 5. The Morgan fingerprint density at radius 3 is 2.78 bits per heavy atom. The van der Waals surface area contributed by atoms with Crippen molar-refractivity contribution in [3.8, 4) is 0 Å². The lowest BCUT2D eigenvalue weighted by molar-refractivity contribution is -0.144. The van der Waals surface area contributed by atoms with Crippen molar-refractivity contribution in [2.24, 2.45) is 4.99 Å². The summed E-state index contributed by atoms with van der Waals surface area (Å²) in [7, 11) is 0. The van der Waals surface area contributed by atoms with Crippen molar-refractivity contribution in [1.82, 2.24) is 0 Å². The molecule has 1 aliphatic heterocycles. The van der Waals surface area contributed by atoms with Crippen LogP contribution in [0.1, 0.15) is 50.7 Å². The van der Waals surface area contributed by atoms with Gasteiger partial charge in [-0.25, -0.2) is 4.79 Å². The van der Waals surface area contributed by atoms with E-state index in [4.69, 9.17) is 4.74 Å². The van der Waals surface area contributed by atoms with E-state index >= 15 is 0 Å². The maximum absolute atomic E-state index is 12.2. The van der Waals surface area contributed by atoms with Gasteiger partial charge in [-0.3, -0.25) is 9.79 Å². The van der Waals surface area contributed by atoms with Crippen LogP contribution in [-0.2, 0) is 20.7 Å². The summed E-state index contributed by atoms with van der Waals surface area (Å²) in [6.07, 6.45) is 4.12. The number of ether oxygens (including phenoxy) is 1. The van der Waals surface area contributed by atoms with Crippen molar-refractivity contribution in [3.63, 3.8) is 0 Å². The van der Waals surface area contributed by atoms with E-state index in [1.165, 1.54) is 0 Å². The van der Waals surface area contributed by atoms with E-state index in [1.807, 2.05) is 24.3 Å². The van der Waals surface area contributed by atoms with Crippen LogP contribution in [0, 0.1) is 0 Å². The van der Waals surface area contributed by atoms with Crippen LogP contribution in [0.3, 0.4) is 0 Å². The molecular formula is C18H23NO3S. The Balaban J connectivity index is 2.15. The summed E-state index contributed by atoms with van der Waals surface area (Å²) < 4.78 is 5.09. The van der Waals surface area contributed by atoms with E-state index in [1.54, 1.807) is 6.92 Å². The molecule has 0 saturated carbocycles. The first kappa shape index (κ1) is 17.7. The Kier molecular flexibility index (Phi) is 6.84. The minimum atomic E-state index is -0.546. The Morgan fingerprint density at radius 1 is 1.26 bits per heavy atom. The van der Waals surface area contributed by atoms with Gasteiger partial charge in [-0.2, -0.15) is 0 Å². The molecule has 1 aliphatic rings. The highest BCUT2D eigenvalue weighted by Gasteiger charge is 2.28. The fraction of sp³-hybridized carbons (Fsp3) is 0.500. The minimum Gasteiger partial charge on any atom is -0.464 e. The highest BCUT2D eigenvalue weighted by molar-refractivity contribution is 8.26. The molecule has 1 atom stereocenters. The fourth-order valence-electron chi connectivity index (χ4n) is 2.51. The van der Waals surface area contributed by atoms with E-state index in [9.17, 15) is 9.59 Å². The molecule has 0 aromatic heterocycles. The first-order valence-corrected chi connectivity index (χ1v) is 9.00. The highest BCUT2D eigenvalue weighted by Crippen LogP contribution is 2.27. The summed E-state index contributed by atoms with van der Waals surface area (Å²) in [5, 5.41) is 0.753. The number of aliphatic imine (C=N–C) groups is 1. The van der Waals surface area contributed by atoms with Crippen LogP contribution in [-0.4, -0.2) is 28.8 Å². The Labute approximate surface area is 141 Å². The fourth-order valence-corrected chi connectivity index (χ4v) is 3.46. The molecule has 2 rings (SSSR count). The van der Waals surface area contributed by atoms with Crippen LogP contribution in [0.4, 0.5) is 0 Å². The summed E-state index contributed by atoms with van der Waals surface area (Å²) in [5.41, 5.74) is 2.01. The van der Waals surface area contributed by atoms with Crippen molar-refractivity contribution in [2.75, 3.05) is 6.61 Å². The molecule has 1 aromatic rings. The van der Waals surface area contributed by atoms with Crippen LogP contribution < -0.4 is 0 Å². The second-order valence-corrected chi connectivity index (χ2v) is 6.54. The van der Waals surface area contributed by atoms with Crippen molar-refractivity contribution >= 4 is 27.9 Å². The number of hydrogen-bond donors (Lipinski definition) is 0. The maximum atomic E-state index is 12.2. The first-order chi connectivity index (χ1) is 11.2. The van der Waals surface area contributed by atoms with Gasteiger partial charge in [-0.15, -0.1) is 0 Å². The molecule has 0 bridgehead atoms. The van der Waals surface area contributed by atoms with Gasteiger partial charge in [0.1, 0.15) is 5.04 Å². The zero-order chi connectivity index (χ0) is 16.7. The average molecular weight is 333 g/mol. The number of fused-ring (bicyclic) bond motifs is 1. The number of nitrogens with zero attached hydrogens (tertiary/aromatic N) is 1. The van der Waals surface area contributed by atoms with E-state index in [2.05, 4.69) is 11.9 Å². The highest BCUT2D eigenvalue weighted by atomic mass is 32.2. The van der Waals surface area contributed by atoms with Gasteiger partial charge in [0.15, 0.2) is 11.2 Å². The molecule has 1 heterocycles. The maximum Gasteiger partial charge on any atom is 0.331 e. The van der Waals surface area contributed by atoms with Crippen molar-refractivity contribution < 1.29 is 14.3 Å². The number of esters is 1. The number of thioether (sulfide) groups is 1. The summed E-state index contributed by atoms with van der Waals surface area (Å²) >= 11 is 1.16. The smallest absolute Gasteiger partial charge is 0.331 e. The molecule has 5 heteroatoms. The molecule has 0 amide bonds. The largest absolute Gasteiger partial charge is 0.464 e. The quantitative estimate of drug-likeness (QED) is 0.587. The van der Waals surface area contributed by atoms with Crippen molar-refractivity contribution in [2.45, 2.75) is 52.0 Å². The number of carbonyl (C=O) groups is 2. The molecule has 0 fully saturated rings. The van der Waals surface area contributed by atoms with Gasteiger partial charge >= 0.3 is 5.97 Å². The molecule has 4 nitrogen and oxygen atoms in total. The van der Waals surface area contributed by atoms with Gasteiger partial charge in [-0.1, -0.05) is 44.0 Å². The van der Waals surface area contributed by atoms with Crippen LogP contribution in [0.5, 0.6) is 0 Å². The summed E-state index contributed by atoms with van der Waals surface area (Å²) in [6, 6.07) is 7.27. The van der Waals surface area contributed by atoms with Gasteiger partial charge in [0.25, 0.3) is 0 Å². The zero-order valence-corrected chi connectivity index (χ0v) is 14.5. The molecule has 0 saturated heterocycles. The lowest BCUT2D eigenvalue weighted by Crippen LogP contribution is -2.29. The molecule has 0 aliphatic carbocycles. The third kappa shape index (κ3) is 4.93. The van der Waals surface area contributed by atoms with E-state index in [-0.39, 0.29) is 11.1 Å². The van der Waals surface area contributed by atoms with Gasteiger partial charge in [-0.05, 0) is 30.7 Å². The molecule has 23 heavy (non-hydrogen) atoms. The molecule has 1 unspecified atom stereocenters. The van der Waals surface area contributed by atoms with Gasteiger partial charge in [0.2, 0.25) is 0 Å². The van der Waals surface area contributed by atoms with Crippen LogP contribution in [0.15, 0.2) is 29.3 Å². The summed E-state index contributed by atoms with van der Waals surface area (Å²) in [5.74, 6) is -0.321. The predicted octanol–water partition coefficient (Wildman–Crippen LogP) is 3.76. The molecule has 0 N–H and O–H groups in total. The third-order valence-electron chi connectivity index (χ3n) is 3.69. The number of unbranched alkanes of at least 4 members (excludes halogenated alkanes) is 2. The van der Waals surface area contributed by atoms with Crippen LogP contribution in [0.2, 0.25) is 0 Å². The van der Waals surface area contributed by atoms with E-state index in [0.717, 1.165) is 42.2 Å². The lowest BCUT2D eigenvalue weighted by atomic mass is 9.98. The molecular weight excluding hydrogens is 310 g/mol. The second-order valence-electron chi connectivity index (χ2n) is 5.49. The average Bonchev–Trinajstić information content (AvgIpc) is 2.55. The number of rotatable bonds is 6. The zero-order valence-electron chi connectivity index (χ0n) is 13.7. The summed E-state index contributed by atoms with van der Waals surface area (Å²) in [4.78, 5) is 28.7. The van der Waals surface area contributed by atoms with Gasteiger partial charge < -0.3 is 4.74 Å². The Morgan fingerprint density at radius 2 is 2.04 bits per heavy atom. The minimum absolute atomic E-state index is 0.108. The topological polar surface area (TPSA) is 55.7 Å². The lowest BCUT2D eigenvalue weighted by Gasteiger charge is -2.21. The molecule has 1 aromatic carbocycles. The predicted molar refractivity (Wildman–Crippen MR) is 93.8 cm³/mol. The normalized spacial score (nSPS) is 16.4. The van der Waals surface area contributed by atoms with Crippen LogP contribution in [0.25, 0.3) is 0 Å². The van der Waals surface area contributed by atoms with Crippen molar-refractivity contribution in [3.05, 3.63) is 35.4 Å². The number of carbonyl (C=O) groups excluding carboxylic acids is 2. The van der Waals surface area contributed by atoms with Crippen LogP contribution >= 0.6 is 11.8 Å². The Hall–Kier alpha value is -1.62. The molecule has 0 radical (unpaired) electrons. The van der Waals surface area contributed by atoms with E-state index in [0.29, 0.717) is 24.5 Å². The monoisotopic (exact) mass is 333 g/mol. The molecule has 0 spiro atoms. The first-order valence-electron chi connectivity index (χ1n) is 8.19.